The highest BCUT2D eigenvalue weighted by atomic mass is 32.2. The SMILES string of the molecule is C=CC=NC.CCOC.COCCSc1sc2nc(-c3nc(C(N)=O)cs3)cc(-c3cnc(C)n3C)c2c1N. The summed E-state index contributed by atoms with van der Waals surface area (Å²) in [5.74, 6) is 1.14. The summed E-state index contributed by atoms with van der Waals surface area (Å²) in [6.45, 7) is 8.77. The standard InChI is InChI=1S/C19H20N6O2S3.C4H7N.C3H8O/c1-9-22-7-13(25(9)2)10-6-11(17-24-12(8-29-17)16(21)26)23-18-14(10)15(20)19(30-18)28-5-4-27-3;1-3-4-5-2;1-3-4-2/h6-8H,4-5,20H2,1-3H3,(H2,21,26);3-4H,1H2,2H3;3H2,1-2H3. The molecule has 0 aliphatic heterocycles. The highest BCUT2D eigenvalue weighted by Gasteiger charge is 2.21. The molecular formula is C26H35N7O3S3. The van der Waals surface area contributed by atoms with Gasteiger partial charge in [0.15, 0.2) is 0 Å². The number of primary amides is 1. The maximum Gasteiger partial charge on any atom is 0.268 e. The predicted octanol–water partition coefficient (Wildman–Crippen LogP) is 5.07. The monoisotopic (exact) mass is 589 g/mol. The Morgan fingerprint density at radius 1 is 1.31 bits per heavy atom. The van der Waals surface area contributed by atoms with Gasteiger partial charge >= 0.3 is 0 Å². The fourth-order valence-electron chi connectivity index (χ4n) is 3.10. The second kappa shape index (κ2) is 16.1. The number of fused-ring (bicyclic) bond motifs is 1. The molecule has 13 heteroatoms. The van der Waals surface area contributed by atoms with Crippen molar-refractivity contribution >= 4 is 62.5 Å². The topological polar surface area (TPSA) is 144 Å². The third-order valence-corrected chi connectivity index (χ3v) is 8.42. The van der Waals surface area contributed by atoms with E-state index >= 15 is 0 Å². The molecule has 39 heavy (non-hydrogen) atoms. The number of hydrogen-bond donors (Lipinski definition) is 2. The van der Waals surface area contributed by atoms with Gasteiger partial charge in [-0.25, -0.2) is 15.0 Å². The van der Waals surface area contributed by atoms with Crippen LogP contribution in [0.4, 0.5) is 5.69 Å². The van der Waals surface area contributed by atoms with Gasteiger partial charge in [0, 0.05) is 63.2 Å². The molecule has 0 bridgehead atoms. The quantitative estimate of drug-likeness (QED) is 0.156. The third-order valence-electron chi connectivity index (χ3n) is 5.20. The van der Waals surface area contributed by atoms with Crippen LogP contribution in [0.1, 0.15) is 23.2 Å². The molecule has 0 unspecified atom stereocenters. The molecule has 4 aromatic heterocycles. The Labute approximate surface area is 241 Å². The van der Waals surface area contributed by atoms with Gasteiger partial charge in [0.05, 0.1) is 28.4 Å². The molecule has 1 amide bonds. The van der Waals surface area contributed by atoms with Crippen molar-refractivity contribution in [3.63, 3.8) is 0 Å². The minimum absolute atomic E-state index is 0.233. The molecule has 4 rings (SSSR count). The summed E-state index contributed by atoms with van der Waals surface area (Å²) in [4.78, 5) is 29.5. The highest BCUT2D eigenvalue weighted by Crippen LogP contribution is 2.45. The minimum atomic E-state index is -0.557. The van der Waals surface area contributed by atoms with E-state index in [1.54, 1.807) is 62.0 Å². The van der Waals surface area contributed by atoms with Gasteiger partial charge < -0.3 is 25.5 Å². The molecule has 0 saturated heterocycles. The summed E-state index contributed by atoms with van der Waals surface area (Å²) >= 11 is 4.53. The summed E-state index contributed by atoms with van der Waals surface area (Å²) in [5, 5.41) is 3.18. The maximum atomic E-state index is 11.5. The second-order valence-electron chi connectivity index (χ2n) is 7.75. The number of aliphatic imine (C=N–C) groups is 1. The van der Waals surface area contributed by atoms with Gasteiger partial charge in [-0.3, -0.25) is 9.79 Å². The zero-order valence-corrected chi connectivity index (χ0v) is 25.5. The fourth-order valence-corrected chi connectivity index (χ4v) is 6.14. The van der Waals surface area contributed by atoms with Crippen molar-refractivity contribution < 1.29 is 14.3 Å². The van der Waals surface area contributed by atoms with Gasteiger partial charge in [0.2, 0.25) is 0 Å². The fraction of sp³-hybridized carbons (Fsp3) is 0.346. The van der Waals surface area contributed by atoms with Crippen LogP contribution in [-0.2, 0) is 16.5 Å². The molecule has 0 atom stereocenters. The Kier molecular flexibility index (Phi) is 13.3. The second-order valence-corrected chi connectivity index (χ2v) is 11.0. The molecule has 4 heterocycles. The lowest BCUT2D eigenvalue weighted by Crippen LogP contribution is -2.11. The van der Waals surface area contributed by atoms with Gasteiger partial charge in [-0.05, 0) is 19.9 Å². The summed E-state index contributed by atoms with van der Waals surface area (Å²) in [6, 6.07) is 1.95. The normalized spacial score (nSPS) is 10.7. The van der Waals surface area contributed by atoms with Gasteiger partial charge in [-0.1, -0.05) is 12.7 Å². The van der Waals surface area contributed by atoms with Crippen LogP contribution in [0.25, 0.3) is 32.2 Å². The van der Waals surface area contributed by atoms with Crippen LogP contribution < -0.4 is 11.5 Å². The van der Waals surface area contributed by atoms with Crippen LogP contribution in [0.2, 0.25) is 0 Å². The predicted molar refractivity (Wildman–Crippen MR) is 165 cm³/mol. The summed E-state index contributed by atoms with van der Waals surface area (Å²) in [5.41, 5.74) is 15.4. The number of methoxy groups -OCH3 is 2. The largest absolute Gasteiger partial charge is 0.397 e. The Morgan fingerprint density at radius 2 is 2.03 bits per heavy atom. The number of carbonyl (C=O) groups excluding carboxylic acids is 1. The van der Waals surface area contributed by atoms with Crippen LogP contribution >= 0.6 is 34.4 Å². The third kappa shape index (κ3) is 8.44. The number of anilines is 1. The first kappa shape index (κ1) is 32.1. The van der Waals surface area contributed by atoms with E-state index < -0.39 is 5.91 Å². The highest BCUT2D eigenvalue weighted by molar-refractivity contribution is 8.01. The van der Waals surface area contributed by atoms with E-state index in [-0.39, 0.29) is 5.69 Å². The van der Waals surface area contributed by atoms with Crippen molar-refractivity contribution in [2.24, 2.45) is 17.8 Å². The van der Waals surface area contributed by atoms with Crippen LogP contribution in [0.3, 0.4) is 0 Å². The van der Waals surface area contributed by atoms with E-state index in [4.69, 9.17) is 21.2 Å². The molecule has 4 aromatic rings. The number of thiazole rings is 1. The lowest BCUT2D eigenvalue weighted by atomic mass is 10.1. The number of amides is 1. The first-order chi connectivity index (χ1) is 18.7. The van der Waals surface area contributed by atoms with E-state index in [0.29, 0.717) is 23.0 Å². The number of hydrogen-bond acceptors (Lipinski definition) is 11. The van der Waals surface area contributed by atoms with Crippen molar-refractivity contribution in [2.45, 2.75) is 18.1 Å². The number of carbonyl (C=O) groups is 1. The first-order valence-corrected chi connectivity index (χ1v) is 14.5. The van der Waals surface area contributed by atoms with Crippen molar-refractivity contribution in [1.82, 2.24) is 19.5 Å². The van der Waals surface area contributed by atoms with Gasteiger partial charge in [-0.15, -0.1) is 34.4 Å². The summed E-state index contributed by atoms with van der Waals surface area (Å²) in [6.07, 6.45) is 5.11. The number of aromatic nitrogens is 4. The van der Waals surface area contributed by atoms with Gasteiger partial charge in [-0.2, -0.15) is 0 Å². The Bertz CT molecular complexity index is 1410. The molecule has 0 radical (unpaired) electrons. The van der Waals surface area contributed by atoms with Crippen molar-refractivity contribution in [3.05, 3.63) is 41.8 Å². The lowest BCUT2D eigenvalue weighted by molar-refractivity contribution is 0.0996. The number of nitrogens with zero attached hydrogens (tertiary/aromatic N) is 5. The Hall–Kier alpha value is -3.10. The number of thiophene rings is 1. The van der Waals surface area contributed by atoms with E-state index in [1.165, 1.54) is 11.3 Å². The Morgan fingerprint density at radius 3 is 2.51 bits per heavy atom. The van der Waals surface area contributed by atoms with Crippen LogP contribution in [-0.4, -0.2) is 71.9 Å². The number of nitrogen functional groups attached to an aromatic ring is 1. The molecule has 0 aliphatic carbocycles. The molecule has 0 saturated carbocycles. The number of nitrogens with two attached hydrogens (primary N) is 2. The van der Waals surface area contributed by atoms with E-state index in [9.17, 15) is 4.79 Å². The summed E-state index contributed by atoms with van der Waals surface area (Å²) < 4.78 is 12.7. The molecule has 10 nitrogen and oxygen atoms in total. The zero-order valence-electron chi connectivity index (χ0n) is 23.1. The van der Waals surface area contributed by atoms with Crippen molar-refractivity contribution in [2.75, 3.05) is 46.0 Å². The smallest absolute Gasteiger partial charge is 0.268 e. The van der Waals surface area contributed by atoms with Crippen LogP contribution in [0.5, 0.6) is 0 Å². The van der Waals surface area contributed by atoms with Crippen LogP contribution in [0, 0.1) is 6.92 Å². The zero-order chi connectivity index (χ0) is 28.9. The number of imidazole rings is 1. The molecule has 0 aliphatic rings. The minimum Gasteiger partial charge on any atom is -0.397 e. The number of pyridine rings is 1. The number of ether oxygens (including phenoxy) is 2. The van der Waals surface area contributed by atoms with Gasteiger partial charge in [0.1, 0.15) is 27.1 Å². The number of rotatable bonds is 9. The maximum absolute atomic E-state index is 11.5. The number of aryl methyl sites for hydroxylation is 1. The molecule has 210 valence electrons. The molecular weight excluding hydrogens is 555 g/mol. The molecule has 4 N–H and O–H groups in total. The van der Waals surface area contributed by atoms with Gasteiger partial charge in [0.25, 0.3) is 5.91 Å². The van der Waals surface area contributed by atoms with Crippen molar-refractivity contribution in [3.8, 4) is 22.0 Å². The molecule has 0 spiro atoms. The van der Waals surface area contributed by atoms with E-state index in [1.807, 2.05) is 37.7 Å². The molecule has 0 aromatic carbocycles. The number of allylic oxidation sites excluding steroid dienone is 1. The van der Waals surface area contributed by atoms with E-state index in [0.717, 1.165) is 43.9 Å². The van der Waals surface area contributed by atoms with Crippen molar-refractivity contribution in [1.29, 1.82) is 0 Å². The van der Waals surface area contributed by atoms with Crippen LogP contribution in [0.15, 0.2) is 39.5 Å². The Balaban J connectivity index is 0.000000516. The van der Waals surface area contributed by atoms with E-state index in [2.05, 4.69) is 26.3 Å². The first-order valence-electron chi connectivity index (χ1n) is 11.8. The number of thioether (sulfide) groups is 1. The average Bonchev–Trinajstić information content (AvgIpc) is 3.63. The average molecular weight is 590 g/mol. The summed E-state index contributed by atoms with van der Waals surface area (Å²) in [7, 11) is 7.04. The molecule has 0 fully saturated rings. The lowest BCUT2D eigenvalue weighted by Gasteiger charge is -2.08.